The van der Waals surface area contributed by atoms with Crippen LogP contribution in [0.4, 0.5) is 0 Å². The molecule has 114 valence electrons. The summed E-state index contributed by atoms with van der Waals surface area (Å²) in [5.41, 5.74) is 3.29. The van der Waals surface area contributed by atoms with E-state index in [0.717, 1.165) is 48.1 Å². The van der Waals surface area contributed by atoms with Gasteiger partial charge in [0, 0.05) is 13.6 Å². The van der Waals surface area contributed by atoms with Crippen LogP contribution in [0.3, 0.4) is 0 Å². The van der Waals surface area contributed by atoms with Crippen molar-refractivity contribution >= 4 is 11.6 Å². The van der Waals surface area contributed by atoms with Gasteiger partial charge in [0.2, 0.25) is 0 Å². The van der Waals surface area contributed by atoms with Crippen molar-refractivity contribution in [3.63, 3.8) is 0 Å². The molecule has 0 aliphatic heterocycles. The van der Waals surface area contributed by atoms with Gasteiger partial charge in [-0.15, -0.1) is 0 Å². The van der Waals surface area contributed by atoms with Crippen LogP contribution in [0.15, 0.2) is 24.3 Å². The van der Waals surface area contributed by atoms with Gasteiger partial charge in [0.1, 0.15) is 5.75 Å². The Hall–Kier alpha value is -1.52. The first kappa shape index (κ1) is 15.9. The van der Waals surface area contributed by atoms with E-state index in [-0.39, 0.29) is 0 Å². The molecule has 0 fully saturated rings. The number of hydrogen-bond acceptors (Lipinski definition) is 3. The number of nitrogens with one attached hydrogen (secondary N) is 1. The molecule has 0 atom stereocenters. The number of aryl methyl sites for hydroxylation is 2. The lowest BCUT2D eigenvalue weighted by Crippen LogP contribution is -2.18. The third-order valence-electron chi connectivity index (χ3n) is 3.54. The van der Waals surface area contributed by atoms with E-state index in [1.165, 1.54) is 5.56 Å². The smallest absolute Gasteiger partial charge is 0.118 e. The quantitative estimate of drug-likeness (QED) is 0.799. The van der Waals surface area contributed by atoms with Crippen LogP contribution >= 0.6 is 11.6 Å². The normalized spacial score (nSPS) is 10.9. The molecular weight excluding hydrogens is 286 g/mol. The van der Waals surface area contributed by atoms with E-state index < -0.39 is 0 Å². The average molecular weight is 308 g/mol. The second kappa shape index (κ2) is 7.48. The minimum absolute atomic E-state index is 0.735. The number of rotatable bonds is 7. The summed E-state index contributed by atoms with van der Waals surface area (Å²) in [5.74, 6) is 0.889. The number of nitrogens with zero attached hydrogens (tertiary/aromatic N) is 2. The predicted molar refractivity (Wildman–Crippen MR) is 86.0 cm³/mol. The Morgan fingerprint density at radius 3 is 2.57 bits per heavy atom. The molecule has 0 saturated heterocycles. The van der Waals surface area contributed by atoms with E-state index in [4.69, 9.17) is 16.3 Å². The molecule has 0 amide bonds. The fourth-order valence-corrected chi connectivity index (χ4v) is 2.60. The summed E-state index contributed by atoms with van der Waals surface area (Å²) in [4.78, 5) is 0. The molecule has 0 saturated carbocycles. The second-order valence-corrected chi connectivity index (χ2v) is 5.34. The van der Waals surface area contributed by atoms with Gasteiger partial charge < -0.3 is 10.1 Å². The summed E-state index contributed by atoms with van der Waals surface area (Å²) in [6.07, 6.45) is 1.83. The number of aromatic nitrogens is 2. The fraction of sp³-hybridized carbons (Fsp3) is 0.438. The summed E-state index contributed by atoms with van der Waals surface area (Å²) in [5, 5.41) is 8.63. The van der Waals surface area contributed by atoms with Crippen LogP contribution in [0.25, 0.3) is 0 Å². The summed E-state index contributed by atoms with van der Waals surface area (Å²) in [6.45, 7) is 3.70. The van der Waals surface area contributed by atoms with Crippen LogP contribution in [0.2, 0.25) is 5.02 Å². The third-order valence-corrected chi connectivity index (χ3v) is 3.98. The molecule has 5 heteroatoms. The molecule has 0 bridgehead atoms. The first-order valence-electron chi connectivity index (χ1n) is 7.19. The van der Waals surface area contributed by atoms with Crippen molar-refractivity contribution < 1.29 is 4.74 Å². The van der Waals surface area contributed by atoms with Gasteiger partial charge in [-0.3, -0.25) is 4.68 Å². The molecule has 0 aliphatic carbocycles. The van der Waals surface area contributed by atoms with Crippen molar-refractivity contribution in [1.82, 2.24) is 15.1 Å². The highest BCUT2D eigenvalue weighted by Gasteiger charge is 2.11. The van der Waals surface area contributed by atoms with Crippen LogP contribution in [-0.2, 0) is 26.4 Å². The largest absolute Gasteiger partial charge is 0.497 e. The molecule has 0 unspecified atom stereocenters. The number of hydrogen-bond donors (Lipinski definition) is 1. The van der Waals surface area contributed by atoms with E-state index in [9.17, 15) is 0 Å². The predicted octanol–water partition coefficient (Wildman–Crippen LogP) is 2.98. The highest BCUT2D eigenvalue weighted by molar-refractivity contribution is 6.31. The monoisotopic (exact) mass is 307 g/mol. The van der Waals surface area contributed by atoms with Crippen LogP contribution < -0.4 is 10.1 Å². The summed E-state index contributed by atoms with van der Waals surface area (Å²) in [6, 6.07) is 8.15. The minimum atomic E-state index is 0.735. The topological polar surface area (TPSA) is 39.1 Å². The van der Waals surface area contributed by atoms with Gasteiger partial charge >= 0.3 is 0 Å². The molecule has 4 nitrogen and oxygen atoms in total. The van der Waals surface area contributed by atoms with Crippen molar-refractivity contribution in [3.05, 3.63) is 46.2 Å². The van der Waals surface area contributed by atoms with Gasteiger partial charge in [-0.05, 0) is 37.1 Å². The molecule has 1 N–H and O–H groups in total. The van der Waals surface area contributed by atoms with Gasteiger partial charge in [0.25, 0.3) is 0 Å². The lowest BCUT2D eigenvalue weighted by Gasteiger charge is -2.07. The Labute approximate surface area is 131 Å². The molecule has 1 heterocycles. The first-order valence-corrected chi connectivity index (χ1v) is 7.57. The Morgan fingerprint density at radius 1 is 1.29 bits per heavy atom. The van der Waals surface area contributed by atoms with Crippen molar-refractivity contribution in [1.29, 1.82) is 0 Å². The highest BCUT2D eigenvalue weighted by Crippen LogP contribution is 2.20. The Bertz CT molecular complexity index is 578. The second-order valence-electron chi connectivity index (χ2n) is 4.96. The van der Waals surface area contributed by atoms with Crippen molar-refractivity contribution in [2.24, 2.45) is 7.05 Å². The highest BCUT2D eigenvalue weighted by atomic mass is 35.5. The summed E-state index contributed by atoms with van der Waals surface area (Å²) >= 11 is 6.32. The standard InChI is InChI=1S/C16H22ClN3O/c1-4-14-16(17)15(20(2)19-14)11-18-10-9-12-5-7-13(21-3)8-6-12/h5-8,18H,4,9-11H2,1-3H3. The molecule has 21 heavy (non-hydrogen) atoms. The zero-order valence-electron chi connectivity index (χ0n) is 12.8. The summed E-state index contributed by atoms with van der Waals surface area (Å²) < 4.78 is 7.01. The van der Waals surface area contributed by atoms with Gasteiger partial charge in [-0.25, -0.2) is 0 Å². The maximum absolute atomic E-state index is 6.32. The third kappa shape index (κ3) is 3.99. The Morgan fingerprint density at radius 2 is 2.00 bits per heavy atom. The zero-order valence-corrected chi connectivity index (χ0v) is 13.6. The SMILES string of the molecule is CCc1nn(C)c(CNCCc2ccc(OC)cc2)c1Cl. The number of ether oxygens (including phenoxy) is 1. The zero-order chi connectivity index (χ0) is 15.2. The maximum atomic E-state index is 6.32. The van der Waals surface area contributed by atoms with E-state index >= 15 is 0 Å². The van der Waals surface area contributed by atoms with Crippen LogP contribution in [0, 0.1) is 0 Å². The number of methoxy groups -OCH3 is 1. The lowest BCUT2D eigenvalue weighted by molar-refractivity contribution is 0.414. The lowest BCUT2D eigenvalue weighted by atomic mass is 10.1. The first-order chi connectivity index (χ1) is 10.2. The molecule has 0 aliphatic rings. The molecule has 2 aromatic rings. The molecular formula is C16H22ClN3O. The Kier molecular flexibility index (Phi) is 5.65. The van der Waals surface area contributed by atoms with Crippen LogP contribution in [0.1, 0.15) is 23.9 Å². The number of halogens is 1. The van der Waals surface area contributed by atoms with Crippen LogP contribution in [-0.4, -0.2) is 23.4 Å². The van der Waals surface area contributed by atoms with Crippen molar-refractivity contribution in [3.8, 4) is 5.75 Å². The molecule has 1 aromatic carbocycles. The van der Waals surface area contributed by atoms with Crippen molar-refractivity contribution in [2.45, 2.75) is 26.3 Å². The molecule has 2 rings (SSSR count). The van der Waals surface area contributed by atoms with Gasteiger partial charge in [-0.1, -0.05) is 30.7 Å². The van der Waals surface area contributed by atoms with E-state index in [1.54, 1.807) is 7.11 Å². The van der Waals surface area contributed by atoms with Crippen molar-refractivity contribution in [2.75, 3.05) is 13.7 Å². The van der Waals surface area contributed by atoms with Gasteiger partial charge in [0.15, 0.2) is 0 Å². The molecule has 0 spiro atoms. The number of benzene rings is 1. The van der Waals surface area contributed by atoms with E-state index in [2.05, 4.69) is 29.5 Å². The fourth-order valence-electron chi connectivity index (χ4n) is 2.24. The molecule has 1 aromatic heterocycles. The minimum Gasteiger partial charge on any atom is -0.497 e. The van der Waals surface area contributed by atoms with E-state index in [0.29, 0.717) is 0 Å². The average Bonchev–Trinajstić information content (AvgIpc) is 2.79. The van der Waals surface area contributed by atoms with E-state index in [1.807, 2.05) is 23.9 Å². The maximum Gasteiger partial charge on any atom is 0.118 e. The van der Waals surface area contributed by atoms with Crippen LogP contribution in [0.5, 0.6) is 5.75 Å². The van der Waals surface area contributed by atoms with Gasteiger partial charge in [0.05, 0.1) is 23.5 Å². The Balaban J connectivity index is 1.83. The van der Waals surface area contributed by atoms with Gasteiger partial charge in [-0.2, -0.15) is 5.10 Å². The molecule has 0 radical (unpaired) electrons. The summed E-state index contributed by atoms with van der Waals surface area (Å²) in [7, 11) is 3.62.